The van der Waals surface area contributed by atoms with Crippen LogP contribution in [-0.2, 0) is 11.3 Å². The van der Waals surface area contributed by atoms with Crippen LogP contribution >= 0.6 is 11.6 Å². The van der Waals surface area contributed by atoms with Crippen LogP contribution in [0.15, 0.2) is 18.2 Å². The Labute approximate surface area is 127 Å². The number of halogens is 4. The number of hydrogen-bond acceptors (Lipinski definition) is 1. The molecule has 0 radical (unpaired) electrons. The molecule has 1 aromatic rings. The first-order chi connectivity index (χ1) is 9.46. The SMILES string of the molecule is CC(C)c1cc(CNC(=O)C(C)(C)C(F)(F)F)ccc1Cl. The minimum Gasteiger partial charge on any atom is -0.351 e. The van der Waals surface area contributed by atoms with E-state index in [1.807, 2.05) is 13.8 Å². The van der Waals surface area contributed by atoms with E-state index in [1.165, 1.54) is 0 Å². The third-order valence-corrected chi connectivity index (χ3v) is 3.76. The summed E-state index contributed by atoms with van der Waals surface area (Å²) in [6, 6.07) is 5.18. The van der Waals surface area contributed by atoms with Gasteiger partial charge in [-0.3, -0.25) is 4.79 Å². The lowest BCUT2D eigenvalue weighted by Gasteiger charge is -2.26. The number of rotatable bonds is 4. The number of amides is 1. The fraction of sp³-hybridized carbons (Fsp3) is 0.533. The lowest BCUT2D eigenvalue weighted by Crippen LogP contribution is -2.46. The second-order valence-electron chi connectivity index (χ2n) is 5.82. The minimum absolute atomic E-state index is 0.0369. The van der Waals surface area contributed by atoms with Gasteiger partial charge in [0.15, 0.2) is 0 Å². The van der Waals surface area contributed by atoms with Gasteiger partial charge in [-0.1, -0.05) is 37.6 Å². The zero-order chi connectivity index (χ0) is 16.4. The first kappa shape index (κ1) is 17.8. The van der Waals surface area contributed by atoms with Gasteiger partial charge in [-0.25, -0.2) is 0 Å². The molecule has 0 aliphatic heterocycles. The van der Waals surface area contributed by atoms with E-state index < -0.39 is 17.5 Å². The van der Waals surface area contributed by atoms with Crippen LogP contribution < -0.4 is 5.32 Å². The van der Waals surface area contributed by atoms with Crippen LogP contribution in [0.25, 0.3) is 0 Å². The van der Waals surface area contributed by atoms with Gasteiger partial charge in [0.2, 0.25) is 5.91 Å². The van der Waals surface area contributed by atoms with Crippen LogP contribution in [0.1, 0.15) is 44.7 Å². The van der Waals surface area contributed by atoms with E-state index in [0.717, 1.165) is 25.0 Å². The van der Waals surface area contributed by atoms with Gasteiger partial charge in [-0.15, -0.1) is 0 Å². The largest absolute Gasteiger partial charge is 0.402 e. The summed E-state index contributed by atoms with van der Waals surface area (Å²) < 4.78 is 38.3. The van der Waals surface area contributed by atoms with Crippen molar-refractivity contribution in [1.29, 1.82) is 0 Å². The number of hydrogen-bond donors (Lipinski definition) is 1. The highest BCUT2D eigenvalue weighted by Crippen LogP contribution is 2.37. The monoisotopic (exact) mass is 321 g/mol. The molecule has 1 amide bonds. The Bertz CT molecular complexity index is 524. The van der Waals surface area contributed by atoms with Crippen molar-refractivity contribution in [2.24, 2.45) is 5.41 Å². The molecule has 0 saturated heterocycles. The molecule has 0 bridgehead atoms. The molecule has 0 atom stereocenters. The van der Waals surface area contributed by atoms with Gasteiger partial charge < -0.3 is 5.32 Å². The highest BCUT2D eigenvalue weighted by Gasteiger charge is 2.52. The molecule has 6 heteroatoms. The molecule has 118 valence electrons. The summed E-state index contributed by atoms with van der Waals surface area (Å²) in [7, 11) is 0. The minimum atomic E-state index is -4.58. The van der Waals surface area contributed by atoms with E-state index in [0.29, 0.717) is 5.02 Å². The average molecular weight is 322 g/mol. The van der Waals surface area contributed by atoms with Crippen molar-refractivity contribution in [3.63, 3.8) is 0 Å². The summed E-state index contributed by atoms with van der Waals surface area (Å²) in [4.78, 5) is 11.7. The van der Waals surface area contributed by atoms with Crippen LogP contribution in [0.2, 0.25) is 5.02 Å². The van der Waals surface area contributed by atoms with Gasteiger partial charge >= 0.3 is 6.18 Å². The molecule has 0 aromatic heterocycles. The lowest BCUT2D eigenvalue weighted by molar-refractivity contribution is -0.211. The number of carbonyl (C=O) groups excluding carboxylic acids is 1. The van der Waals surface area contributed by atoms with Crippen LogP contribution in [0.4, 0.5) is 13.2 Å². The van der Waals surface area contributed by atoms with E-state index in [2.05, 4.69) is 5.32 Å². The van der Waals surface area contributed by atoms with E-state index in [4.69, 9.17) is 11.6 Å². The van der Waals surface area contributed by atoms with Gasteiger partial charge in [0.05, 0.1) is 0 Å². The fourth-order valence-electron chi connectivity index (χ4n) is 1.68. The highest BCUT2D eigenvalue weighted by atomic mass is 35.5. The highest BCUT2D eigenvalue weighted by molar-refractivity contribution is 6.31. The van der Waals surface area contributed by atoms with Crippen LogP contribution in [0, 0.1) is 5.41 Å². The van der Waals surface area contributed by atoms with Crippen molar-refractivity contribution >= 4 is 17.5 Å². The maximum atomic E-state index is 12.8. The van der Waals surface area contributed by atoms with E-state index >= 15 is 0 Å². The summed E-state index contributed by atoms with van der Waals surface area (Å²) in [6.45, 7) is 5.70. The van der Waals surface area contributed by atoms with Crippen LogP contribution in [-0.4, -0.2) is 12.1 Å². The predicted octanol–water partition coefficient (Wildman–Crippen LogP) is 4.67. The average Bonchev–Trinajstić information content (AvgIpc) is 2.35. The Morgan fingerprint density at radius 3 is 2.33 bits per heavy atom. The molecule has 1 rings (SSSR count). The van der Waals surface area contributed by atoms with Gasteiger partial charge in [0.25, 0.3) is 0 Å². The second-order valence-corrected chi connectivity index (χ2v) is 6.22. The Morgan fingerprint density at radius 2 is 1.86 bits per heavy atom. The molecule has 1 N–H and O–H groups in total. The van der Waals surface area contributed by atoms with Gasteiger partial charge in [-0.05, 0) is 37.0 Å². The summed E-state index contributed by atoms with van der Waals surface area (Å²) in [5, 5.41) is 2.94. The Morgan fingerprint density at radius 1 is 1.29 bits per heavy atom. The number of alkyl halides is 3. The molecule has 21 heavy (non-hydrogen) atoms. The quantitative estimate of drug-likeness (QED) is 0.858. The molecule has 0 fully saturated rings. The number of nitrogens with one attached hydrogen (secondary N) is 1. The topological polar surface area (TPSA) is 29.1 Å². The summed E-state index contributed by atoms with van der Waals surface area (Å²) in [6.07, 6.45) is -4.58. The van der Waals surface area contributed by atoms with Gasteiger partial charge in [-0.2, -0.15) is 13.2 Å². The molecule has 0 aliphatic rings. The molecule has 0 heterocycles. The third kappa shape index (κ3) is 4.13. The van der Waals surface area contributed by atoms with Gasteiger partial charge in [0.1, 0.15) is 5.41 Å². The van der Waals surface area contributed by atoms with Crippen LogP contribution in [0.3, 0.4) is 0 Å². The lowest BCUT2D eigenvalue weighted by atomic mass is 9.91. The molecule has 0 aliphatic carbocycles. The zero-order valence-corrected chi connectivity index (χ0v) is 13.2. The zero-order valence-electron chi connectivity index (χ0n) is 12.4. The molecule has 0 spiro atoms. The predicted molar refractivity (Wildman–Crippen MR) is 77.2 cm³/mol. The number of carbonyl (C=O) groups is 1. The Balaban J connectivity index is 2.81. The molecule has 0 saturated carbocycles. The fourth-order valence-corrected chi connectivity index (χ4v) is 2.01. The first-order valence-electron chi connectivity index (χ1n) is 6.60. The summed E-state index contributed by atoms with van der Waals surface area (Å²) >= 11 is 6.05. The van der Waals surface area contributed by atoms with Crippen molar-refractivity contribution < 1.29 is 18.0 Å². The summed E-state index contributed by atoms with van der Waals surface area (Å²) in [5.41, 5.74) is -0.798. The number of benzene rings is 1. The first-order valence-corrected chi connectivity index (χ1v) is 6.98. The van der Waals surface area contributed by atoms with Crippen molar-refractivity contribution in [3.05, 3.63) is 34.3 Å². The van der Waals surface area contributed by atoms with E-state index in [1.54, 1.807) is 18.2 Å². The van der Waals surface area contributed by atoms with Crippen molar-refractivity contribution in [1.82, 2.24) is 5.32 Å². The summed E-state index contributed by atoms with van der Waals surface area (Å²) in [5.74, 6) is -0.851. The van der Waals surface area contributed by atoms with E-state index in [-0.39, 0.29) is 12.5 Å². The maximum absolute atomic E-state index is 12.8. The molecular weight excluding hydrogens is 303 g/mol. The molecular formula is C15H19ClF3NO. The Kier molecular flexibility index (Phi) is 5.31. The maximum Gasteiger partial charge on any atom is 0.402 e. The van der Waals surface area contributed by atoms with Crippen molar-refractivity contribution in [2.45, 2.75) is 46.3 Å². The van der Waals surface area contributed by atoms with Crippen molar-refractivity contribution in [3.8, 4) is 0 Å². The molecule has 0 unspecified atom stereocenters. The van der Waals surface area contributed by atoms with Crippen LogP contribution in [0.5, 0.6) is 0 Å². The Hall–Kier alpha value is -1.23. The normalized spacial score (nSPS) is 12.6. The smallest absolute Gasteiger partial charge is 0.351 e. The second kappa shape index (κ2) is 6.26. The van der Waals surface area contributed by atoms with E-state index in [9.17, 15) is 18.0 Å². The third-order valence-electron chi connectivity index (χ3n) is 3.41. The van der Waals surface area contributed by atoms with Crippen molar-refractivity contribution in [2.75, 3.05) is 0 Å². The van der Waals surface area contributed by atoms with Gasteiger partial charge in [0, 0.05) is 11.6 Å². The molecule has 2 nitrogen and oxygen atoms in total. The standard InChI is InChI=1S/C15H19ClF3NO/c1-9(2)11-7-10(5-6-12(11)16)8-20-13(21)14(3,4)15(17,18)19/h5-7,9H,8H2,1-4H3,(H,20,21). The molecule has 1 aromatic carbocycles.